The number of carbonyl (C=O) groups excluding carboxylic acids is 1. The number of carbonyl (C=O) groups is 2. The lowest BCUT2D eigenvalue weighted by atomic mass is 10.1. The van der Waals surface area contributed by atoms with E-state index in [2.05, 4.69) is 11.0 Å². The molecule has 0 unspecified atom stereocenters. The van der Waals surface area contributed by atoms with Gasteiger partial charge in [0, 0.05) is 38.4 Å². The van der Waals surface area contributed by atoms with E-state index in [-0.39, 0.29) is 6.09 Å². The van der Waals surface area contributed by atoms with Crippen LogP contribution in [0.2, 0.25) is 0 Å². The summed E-state index contributed by atoms with van der Waals surface area (Å²) >= 11 is 0. The van der Waals surface area contributed by atoms with Gasteiger partial charge in [-0.3, -0.25) is 4.90 Å². The van der Waals surface area contributed by atoms with E-state index in [0.717, 1.165) is 36.4 Å². The molecule has 2 aliphatic heterocycles. The summed E-state index contributed by atoms with van der Waals surface area (Å²) in [6.07, 6.45) is -0.427. The molecule has 0 atom stereocenters. The molecule has 7 heteroatoms. The molecule has 1 fully saturated rings. The third kappa shape index (κ3) is 3.81. The van der Waals surface area contributed by atoms with Crippen LogP contribution in [0.1, 0.15) is 26.3 Å². The Kier molecular flexibility index (Phi) is 4.49. The third-order valence-corrected chi connectivity index (χ3v) is 4.49. The fourth-order valence-electron chi connectivity index (χ4n) is 3.26. The SMILES string of the molecule is CC(C)(C)OC(=O)N1CCN(c2ccc3c(c2)CCN3C(=O)O)CC1. The van der Waals surface area contributed by atoms with E-state index in [9.17, 15) is 14.7 Å². The van der Waals surface area contributed by atoms with E-state index in [0.29, 0.717) is 19.6 Å². The van der Waals surface area contributed by atoms with Crippen molar-refractivity contribution in [2.24, 2.45) is 0 Å². The Morgan fingerprint density at radius 2 is 1.76 bits per heavy atom. The zero-order chi connectivity index (χ0) is 18.2. The number of ether oxygens (including phenoxy) is 1. The van der Waals surface area contributed by atoms with Crippen LogP contribution >= 0.6 is 0 Å². The zero-order valence-electron chi connectivity index (χ0n) is 15.0. The van der Waals surface area contributed by atoms with Crippen LogP contribution in [0.4, 0.5) is 21.0 Å². The second kappa shape index (κ2) is 6.46. The highest BCUT2D eigenvalue weighted by atomic mass is 16.6. The average Bonchev–Trinajstić information content (AvgIpc) is 2.96. The molecule has 2 amide bonds. The lowest BCUT2D eigenvalue weighted by Gasteiger charge is -2.37. The first-order chi connectivity index (χ1) is 11.7. The number of rotatable bonds is 1. The van der Waals surface area contributed by atoms with Crippen LogP contribution in [-0.2, 0) is 11.2 Å². The second-order valence-electron chi connectivity index (χ2n) is 7.45. The Morgan fingerprint density at radius 1 is 1.08 bits per heavy atom. The Morgan fingerprint density at radius 3 is 2.36 bits per heavy atom. The van der Waals surface area contributed by atoms with Gasteiger partial charge in [0.05, 0.1) is 5.69 Å². The minimum absolute atomic E-state index is 0.266. The van der Waals surface area contributed by atoms with Gasteiger partial charge in [0.25, 0.3) is 0 Å². The van der Waals surface area contributed by atoms with Gasteiger partial charge in [0.1, 0.15) is 5.60 Å². The molecule has 0 radical (unpaired) electrons. The number of carboxylic acid groups (broad SMARTS) is 1. The van der Waals surface area contributed by atoms with Crippen LogP contribution in [-0.4, -0.2) is 60.5 Å². The van der Waals surface area contributed by atoms with Crippen molar-refractivity contribution in [3.05, 3.63) is 23.8 Å². The topological polar surface area (TPSA) is 73.3 Å². The zero-order valence-corrected chi connectivity index (χ0v) is 15.0. The number of amides is 2. The Bertz CT molecular complexity index is 675. The molecular formula is C18H25N3O4. The van der Waals surface area contributed by atoms with E-state index in [1.54, 1.807) is 4.90 Å². The van der Waals surface area contributed by atoms with Crippen LogP contribution in [0.3, 0.4) is 0 Å². The normalized spacial score (nSPS) is 17.5. The van der Waals surface area contributed by atoms with Gasteiger partial charge >= 0.3 is 12.2 Å². The fourth-order valence-corrected chi connectivity index (χ4v) is 3.26. The van der Waals surface area contributed by atoms with Crippen molar-refractivity contribution in [2.45, 2.75) is 32.8 Å². The summed E-state index contributed by atoms with van der Waals surface area (Å²) in [5, 5.41) is 9.21. The molecular weight excluding hydrogens is 322 g/mol. The number of nitrogens with zero attached hydrogens (tertiary/aromatic N) is 3. The maximum Gasteiger partial charge on any atom is 0.411 e. The number of anilines is 2. The predicted octanol–water partition coefficient (Wildman–Crippen LogP) is 2.78. The molecule has 1 saturated heterocycles. The molecule has 1 aromatic rings. The molecule has 0 bridgehead atoms. The smallest absolute Gasteiger partial charge is 0.411 e. The quantitative estimate of drug-likeness (QED) is 0.846. The van der Waals surface area contributed by atoms with Gasteiger partial charge in [-0.1, -0.05) is 0 Å². The van der Waals surface area contributed by atoms with E-state index in [4.69, 9.17) is 4.74 Å². The first kappa shape index (κ1) is 17.4. The van der Waals surface area contributed by atoms with Gasteiger partial charge < -0.3 is 19.6 Å². The highest BCUT2D eigenvalue weighted by Crippen LogP contribution is 2.32. The monoisotopic (exact) mass is 347 g/mol. The van der Waals surface area contributed by atoms with Crippen LogP contribution in [0, 0.1) is 0 Å². The van der Waals surface area contributed by atoms with Gasteiger partial charge in [-0.15, -0.1) is 0 Å². The minimum atomic E-state index is -0.905. The lowest BCUT2D eigenvalue weighted by Crippen LogP contribution is -2.50. The predicted molar refractivity (Wildman–Crippen MR) is 95.5 cm³/mol. The highest BCUT2D eigenvalue weighted by Gasteiger charge is 2.28. The molecule has 0 saturated carbocycles. The van der Waals surface area contributed by atoms with Crippen LogP contribution in [0.25, 0.3) is 0 Å². The molecule has 1 aromatic carbocycles. The summed E-state index contributed by atoms with van der Waals surface area (Å²) in [6, 6.07) is 5.91. The Hall–Kier alpha value is -2.44. The van der Waals surface area contributed by atoms with Crippen molar-refractivity contribution in [1.29, 1.82) is 0 Å². The number of hydrogen-bond acceptors (Lipinski definition) is 4. The molecule has 1 N–H and O–H groups in total. The molecule has 7 nitrogen and oxygen atoms in total. The summed E-state index contributed by atoms with van der Waals surface area (Å²) in [5.74, 6) is 0. The lowest BCUT2D eigenvalue weighted by molar-refractivity contribution is 0.0240. The summed E-state index contributed by atoms with van der Waals surface area (Å²) in [5.41, 5.74) is 2.44. The van der Waals surface area contributed by atoms with Crippen LogP contribution in [0.5, 0.6) is 0 Å². The van der Waals surface area contributed by atoms with Gasteiger partial charge in [0.2, 0.25) is 0 Å². The molecule has 0 aliphatic carbocycles. The molecule has 2 heterocycles. The molecule has 3 rings (SSSR count). The summed E-state index contributed by atoms with van der Waals surface area (Å²) < 4.78 is 5.42. The maximum atomic E-state index is 12.1. The van der Waals surface area contributed by atoms with Gasteiger partial charge in [0.15, 0.2) is 0 Å². The molecule has 0 spiro atoms. The van der Waals surface area contributed by atoms with E-state index in [1.807, 2.05) is 32.9 Å². The highest BCUT2D eigenvalue weighted by molar-refractivity contribution is 5.89. The maximum absolute atomic E-state index is 12.1. The van der Waals surface area contributed by atoms with E-state index in [1.165, 1.54) is 4.90 Å². The number of fused-ring (bicyclic) bond motifs is 1. The van der Waals surface area contributed by atoms with Crippen LogP contribution in [0.15, 0.2) is 18.2 Å². The largest absolute Gasteiger partial charge is 0.465 e. The molecule has 2 aliphatic rings. The third-order valence-electron chi connectivity index (χ3n) is 4.49. The van der Waals surface area contributed by atoms with Crippen molar-refractivity contribution in [1.82, 2.24) is 4.90 Å². The molecule has 25 heavy (non-hydrogen) atoms. The Labute approximate surface area is 147 Å². The number of benzene rings is 1. The molecule has 0 aromatic heterocycles. The van der Waals surface area contributed by atoms with Crippen molar-refractivity contribution >= 4 is 23.6 Å². The van der Waals surface area contributed by atoms with Gasteiger partial charge in [-0.25, -0.2) is 9.59 Å². The number of piperazine rings is 1. The van der Waals surface area contributed by atoms with E-state index >= 15 is 0 Å². The van der Waals surface area contributed by atoms with Crippen molar-refractivity contribution in [2.75, 3.05) is 42.5 Å². The standard InChI is InChI=1S/C18H25N3O4/c1-18(2,3)25-17(24)20-10-8-19(9-11-20)14-4-5-15-13(12-14)6-7-21(15)16(22)23/h4-5,12H,6-11H2,1-3H3,(H,22,23). The van der Waals surface area contributed by atoms with Crippen molar-refractivity contribution in [3.63, 3.8) is 0 Å². The number of hydrogen-bond donors (Lipinski definition) is 1. The summed E-state index contributed by atoms with van der Waals surface area (Å²) in [4.78, 5) is 28.7. The average molecular weight is 347 g/mol. The summed E-state index contributed by atoms with van der Waals surface area (Å²) in [6.45, 7) is 8.83. The van der Waals surface area contributed by atoms with Crippen LogP contribution < -0.4 is 9.80 Å². The van der Waals surface area contributed by atoms with Crippen molar-refractivity contribution in [3.8, 4) is 0 Å². The molecule has 136 valence electrons. The van der Waals surface area contributed by atoms with Gasteiger partial charge in [-0.2, -0.15) is 0 Å². The first-order valence-electron chi connectivity index (χ1n) is 8.61. The fraction of sp³-hybridized carbons (Fsp3) is 0.556. The van der Waals surface area contributed by atoms with Crippen molar-refractivity contribution < 1.29 is 19.4 Å². The second-order valence-corrected chi connectivity index (χ2v) is 7.45. The Balaban J connectivity index is 1.62. The minimum Gasteiger partial charge on any atom is -0.465 e. The van der Waals surface area contributed by atoms with E-state index < -0.39 is 11.7 Å². The van der Waals surface area contributed by atoms with Gasteiger partial charge in [-0.05, 0) is 51.0 Å². The summed E-state index contributed by atoms with van der Waals surface area (Å²) in [7, 11) is 0. The first-order valence-corrected chi connectivity index (χ1v) is 8.61.